The standard InChI is InChI=1S/C20H19Cl2N5O.H2S/c1-12-11-26(14-4-5-16(21)17(22)9-14)20(28)19-15(10-24-27(12)19)13-6-7-23-18(8-13)25(2)3;/h4-10,12H,11H2,1-3H3;1H2/t12-;/m0./s1. The third-order valence-electron chi connectivity index (χ3n) is 4.84. The molecule has 3 heterocycles. The number of carbonyl (C=O) groups excluding carboxylic acids is 1. The number of benzene rings is 1. The maximum absolute atomic E-state index is 13.4. The second-order valence-electron chi connectivity index (χ2n) is 7.01. The van der Waals surface area contributed by atoms with Crippen LogP contribution in [0, 0.1) is 0 Å². The Hall–Kier alpha value is -2.22. The highest BCUT2D eigenvalue weighted by molar-refractivity contribution is 7.59. The molecule has 29 heavy (non-hydrogen) atoms. The Balaban J connectivity index is 0.00000240. The summed E-state index contributed by atoms with van der Waals surface area (Å²) in [5, 5.41) is 5.37. The van der Waals surface area contributed by atoms with E-state index >= 15 is 0 Å². The lowest BCUT2D eigenvalue weighted by molar-refractivity contribution is 0.0954. The van der Waals surface area contributed by atoms with Gasteiger partial charge in [0.15, 0.2) is 0 Å². The lowest BCUT2D eigenvalue weighted by atomic mass is 10.0. The average molecular weight is 450 g/mol. The summed E-state index contributed by atoms with van der Waals surface area (Å²) < 4.78 is 1.79. The Kier molecular flexibility index (Phi) is 6.12. The fourth-order valence-corrected chi connectivity index (χ4v) is 3.67. The Morgan fingerprint density at radius 3 is 2.59 bits per heavy atom. The van der Waals surface area contributed by atoms with Gasteiger partial charge in [0, 0.05) is 38.1 Å². The quantitative estimate of drug-likeness (QED) is 0.583. The molecule has 0 fully saturated rings. The van der Waals surface area contributed by atoms with Gasteiger partial charge in [-0.2, -0.15) is 18.6 Å². The van der Waals surface area contributed by atoms with E-state index < -0.39 is 0 Å². The van der Waals surface area contributed by atoms with Gasteiger partial charge < -0.3 is 9.80 Å². The number of aromatic nitrogens is 3. The number of amides is 1. The number of halogens is 2. The predicted molar refractivity (Wildman–Crippen MR) is 123 cm³/mol. The van der Waals surface area contributed by atoms with Gasteiger partial charge in [0.2, 0.25) is 0 Å². The fourth-order valence-electron chi connectivity index (χ4n) is 3.38. The molecule has 1 atom stereocenters. The maximum atomic E-state index is 13.4. The first-order chi connectivity index (χ1) is 13.4. The number of rotatable bonds is 3. The smallest absolute Gasteiger partial charge is 0.277 e. The van der Waals surface area contributed by atoms with Crippen molar-refractivity contribution in [3.63, 3.8) is 0 Å². The Morgan fingerprint density at radius 2 is 1.90 bits per heavy atom. The van der Waals surface area contributed by atoms with Crippen molar-refractivity contribution >= 4 is 54.1 Å². The molecule has 0 saturated heterocycles. The molecule has 6 nitrogen and oxygen atoms in total. The van der Waals surface area contributed by atoms with E-state index in [4.69, 9.17) is 23.2 Å². The van der Waals surface area contributed by atoms with Gasteiger partial charge in [-0.05, 0) is 42.8 Å². The van der Waals surface area contributed by atoms with Crippen LogP contribution in [0.2, 0.25) is 10.0 Å². The third kappa shape index (κ3) is 3.82. The van der Waals surface area contributed by atoms with Gasteiger partial charge in [-0.25, -0.2) is 4.98 Å². The summed E-state index contributed by atoms with van der Waals surface area (Å²) in [4.78, 5) is 21.4. The molecule has 4 rings (SSSR count). The molecule has 0 N–H and O–H groups in total. The molecule has 3 aromatic rings. The van der Waals surface area contributed by atoms with Crippen molar-refractivity contribution in [3.8, 4) is 11.1 Å². The van der Waals surface area contributed by atoms with Crippen LogP contribution in [-0.4, -0.2) is 41.3 Å². The Bertz CT molecular complexity index is 1070. The average Bonchev–Trinajstić information content (AvgIpc) is 3.13. The van der Waals surface area contributed by atoms with Gasteiger partial charge in [-0.3, -0.25) is 9.48 Å². The van der Waals surface area contributed by atoms with Crippen molar-refractivity contribution in [1.82, 2.24) is 14.8 Å². The van der Waals surface area contributed by atoms with E-state index in [2.05, 4.69) is 10.1 Å². The minimum absolute atomic E-state index is 0. The van der Waals surface area contributed by atoms with Gasteiger partial charge in [-0.1, -0.05) is 23.2 Å². The minimum atomic E-state index is -0.118. The van der Waals surface area contributed by atoms with Gasteiger partial charge >= 0.3 is 0 Å². The van der Waals surface area contributed by atoms with Crippen molar-refractivity contribution in [2.45, 2.75) is 13.0 Å². The number of nitrogens with zero attached hydrogens (tertiary/aromatic N) is 5. The molecule has 0 aliphatic carbocycles. The number of hydrogen-bond donors (Lipinski definition) is 0. The van der Waals surface area contributed by atoms with E-state index in [1.807, 2.05) is 38.1 Å². The molecule has 0 bridgehead atoms. The zero-order valence-corrected chi connectivity index (χ0v) is 18.7. The lowest BCUT2D eigenvalue weighted by Crippen LogP contribution is -2.42. The van der Waals surface area contributed by atoms with Crippen LogP contribution in [0.3, 0.4) is 0 Å². The molecule has 0 unspecified atom stereocenters. The topological polar surface area (TPSA) is 54.3 Å². The fraction of sp³-hybridized carbons (Fsp3) is 0.250. The summed E-state index contributed by atoms with van der Waals surface area (Å²) in [6.45, 7) is 2.54. The summed E-state index contributed by atoms with van der Waals surface area (Å²) in [7, 11) is 3.86. The van der Waals surface area contributed by atoms with Crippen LogP contribution in [-0.2, 0) is 0 Å². The summed E-state index contributed by atoms with van der Waals surface area (Å²) >= 11 is 12.2. The van der Waals surface area contributed by atoms with Crippen LogP contribution in [0.1, 0.15) is 23.5 Å². The summed E-state index contributed by atoms with van der Waals surface area (Å²) in [6, 6.07) is 9.09. The molecule has 152 valence electrons. The molecule has 0 spiro atoms. The first-order valence-corrected chi connectivity index (χ1v) is 9.60. The second-order valence-corrected chi connectivity index (χ2v) is 7.83. The van der Waals surface area contributed by atoms with Crippen LogP contribution in [0.15, 0.2) is 42.7 Å². The monoisotopic (exact) mass is 449 g/mol. The van der Waals surface area contributed by atoms with Crippen molar-refractivity contribution in [2.24, 2.45) is 0 Å². The normalized spacial score (nSPS) is 15.7. The van der Waals surface area contributed by atoms with Crippen LogP contribution < -0.4 is 9.80 Å². The predicted octanol–water partition coefficient (Wildman–Crippen LogP) is 4.65. The molecule has 1 aliphatic rings. The van der Waals surface area contributed by atoms with Crippen molar-refractivity contribution < 1.29 is 4.79 Å². The lowest BCUT2D eigenvalue weighted by Gasteiger charge is -2.32. The molecule has 0 saturated carbocycles. The molecule has 0 radical (unpaired) electrons. The number of hydrogen-bond acceptors (Lipinski definition) is 4. The Labute approximate surface area is 186 Å². The van der Waals surface area contributed by atoms with E-state index in [9.17, 15) is 4.79 Å². The largest absolute Gasteiger partial charge is 0.363 e. The summed E-state index contributed by atoms with van der Waals surface area (Å²) in [5.74, 6) is 0.697. The highest BCUT2D eigenvalue weighted by Gasteiger charge is 2.34. The van der Waals surface area contributed by atoms with E-state index in [1.165, 1.54) is 0 Å². The van der Waals surface area contributed by atoms with Crippen molar-refractivity contribution in [2.75, 3.05) is 30.4 Å². The number of anilines is 2. The maximum Gasteiger partial charge on any atom is 0.277 e. The summed E-state index contributed by atoms with van der Waals surface area (Å²) in [5.41, 5.74) is 2.96. The highest BCUT2D eigenvalue weighted by Crippen LogP contribution is 2.35. The van der Waals surface area contributed by atoms with Crippen LogP contribution >= 0.6 is 36.7 Å². The van der Waals surface area contributed by atoms with Crippen molar-refractivity contribution in [3.05, 3.63) is 58.5 Å². The zero-order valence-electron chi connectivity index (χ0n) is 16.2. The number of carbonyl (C=O) groups is 1. The van der Waals surface area contributed by atoms with Gasteiger partial charge in [0.25, 0.3) is 5.91 Å². The molecule has 1 aliphatic heterocycles. The van der Waals surface area contributed by atoms with Crippen LogP contribution in [0.5, 0.6) is 0 Å². The number of fused-ring (bicyclic) bond motifs is 1. The zero-order chi connectivity index (χ0) is 20.0. The molecule has 2 aromatic heterocycles. The second kappa shape index (κ2) is 8.26. The Morgan fingerprint density at radius 1 is 1.14 bits per heavy atom. The van der Waals surface area contributed by atoms with E-state index in [0.29, 0.717) is 28.0 Å². The molecular weight excluding hydrogens is 429 g/mol. The van der Waals surface area contributed by atoms with E-state index in [-0.39, 0.29) is 25.4 Å². The minimum Gasteiger partial charge on any atom is -0.363 e. The third-order valence-corrected chi connectivity index (χ3v) is 5.58. The van der Waals surface area contributed by atoms with Gasteiger partial charge in [-0.15, -0.1) is 0 Å². The van der Waals surface area contributed by atoms with E-state index in [0.717, 1.165) is 16.9 Å². The SMILES string of the molecule is C[C@H]1CN(c2ccc(Cl)c(Cl)c2)C(=O)c2c(-c3ccnc(N(C)C)c3)cnn21.S. The molecule has 1 aromatic carbocycles. The van der Waals surface area contributed by atoms with Crippen LogP contribution in [0.25, 0.3) is 11.1 Å². The summed E-state index contributed by atoms with van der Waals surface area (Å²) in [6.07, 6.45) is 3.49. The van der Waals surface area contributed by atoms with E-state index in [1.54, 1.807) is 40.2 Å². The van der Waals surface area contributed by atoms with Crippen LogP contribution in [0.4, 0.5) is 11.5 Å². The molecular formula is C20H21Cl2N5OS. The number of pyridine rings is 1. The molecule has 9 heteroatoms. The van der Waals surface area contributed by atoms with Gasteiger partial charge in [0.1, 0.15) is 11.5 Å². The molecule has 1 amide bonds. The highest BCUT2D eigenvalue weighted by atomic mass is 35.5. The first kappa shape index (κ1) is 21.5. The van der Waals surface area contributed by atoms with Crippen molar-refractivity contribution in [1.29, 1.82) is 0 Å². The van der Waals surface area contributed by atoms with Gasteiger partial charge in [0.05, 0.1) is 22.3 Å². The first-order valence-electron chi connectivity index (χ1n) is 8.85.